The number of benzene rings is 2. The molecule has 0 N–H and O–H groups in total. The first-order valence-corrected chi connectivity index (χ1v) is 11.2. The first-order chi connectivity index (χ1) is 12.9. The molecule has 0 radical (unpaired) electrons. The van der Waals surface area contributed by atoms with Crippen LogP contribution in [0.2, 0.25) is 0 Å². The van der Waals surface area contributed by atoms with Gasteiger partial charge in [-0.2, -0.15) is 4.31 Å². The average molecular weight is 385 g/mol. The monoisotopic (exact) mass is 384 g/mol. The van der Waals surface area contributed by atoms with Gasteiger partial charge in [-0.15, -0.1) is 0 Å². The van der Waals surface area contributed by atoms with Crippen molar-refractivity contribution >= 4 is 10.0 Å². The molecule has 2 aromatic carbocycles. The van der Waals surface area contributed by atoms with E-state index in [0.717, 1.165) is 44.3 Å². The van der Waals surface area contributed by atoms with Crippen LogP contribution in [-0.2, 0) is 23.0 Å². The van der Waals surface area contributed by atoms with Gasteiger partial charge in [-0.25, -0.2) is 8.42 Å². The molecular weight excluding hydrogens is 356 g/mol. The van der Waals surface area contributed by atoms with Crippen molar-refractivity contribution in [1.82, 2.24) is 9.21 Å². The Morgan fingerprint density at radius 1 is 1.04 bits per heavy atom. The quantitative estimate of drug-likeness (QED) is 0.809. The summed E-state index contributed by atoms with van der Waals surface area (Å²) in [6.45, 7) is 3.99. The second kappa shape index (κ2) is 7.38. The molecule has 1 aliphatic heterocycles. The summed E-state index contributed by atoms with van der Waals surface area (Å²) in [5, 5.41) is 0. The van der Waals surface area contributed by atoms with Crippen LogP contribution in [0.15, 0.2) is 53.4 Å². The van der Waals surface area contributed by atoms with Gasteiger partial charge in [-0.05, 0) is 61.4 Å². The van der Waals surface area contributed by atoms with E-state index in [-0.39, 0.29) is 6.04 Å². The minimum absolute atomic E-state index is 0.0812. The zero-order chi connectivity index (χ0) is 19.0. The lowest BCUT2D eigenvalue weighted by molar-refractivity contribution is 0.175. The zero-order valence-corrected chi connectivity index (χ0v) is 17.0. The van der Waals surface area contributed by atoms with Crippen molar-refractivity contribution in [2.75, 3.05) is 13.6 Å². The maximum Gasteiger partial charge on any atom is 0.243 e. The summed E-state index contributed by atoms with van der Waals surface area (Å²) in [6.07, 6.45) is 4.02. The number of nitrogens with zero attached hydrogens (tertiary/aromatic N) is 2. The van der Waals surface area contributed by atoms with Crippen LogP contribution in [0.4, 0.5) is 0 Å². The maximum atomic E-state index is 13.0. The molecule has 27 heavy (non-hydrogen) atoms. The average Bonchev–Trinajstić information content (AvgIpc) is 3.17. The summed E-state index contributed by atoms with van der Waals surface area (Å²) in [6, 6.07) is 16.4. The molecule has 1 saturated carbocycles. The van der Waals surface area contributed by atoms with Gasteiger partial charge in [-0.3, -0.25) is 4.90 Å². The molecule has 1 fully saturated rings. The van der Waals surface area contributed by atoms with Gasteiger partial charge in [0.2, 0.25) is 10.0 Å². The number of aryl methyl sites for hydroxylation is 1. The molecule has 1 aliphatic carbocycles. The van der Waals surface area contributed by atoms with Crippen LogP contribution >= 0.6 is 0 Å². The third kappa shape index (κ3) is 3.68. The fourth-order valence-corrected chi connectivity index (χ4v) is 6.07. The van der Waals surface area contributed by atoms with E-state index in [0.29, 0.717) is 10.9 Å². The van der Waals surface area contributed by atoms with E-state index in [4.69, 9.17) is 0 Å². The molecule has 2 aromatic rings. The highest BCUT2D eigenvalue weighted by molar-refractivity contribution is 7.89. The Labute approximate surface area is 162 Å². The standard InChI is InChI=1S/C22H28N2O2S/c1-17-6-5-9-22(14-17)27(25,26)23(2)20-10-11-21(15-20)24-13-12-18-7-3-4-8-19(18)16-24/h3-9,14,20-21H,10-13,15-16H2,1-2H3/t20-,21+/m1/s1. The highest BCUT2D eigenvalue weighted by atomic mass is 32.2. The van der Waals surface area contributed by atoms with E-state index >= 15 is 0 Å². The van der Waals surface area contributed by atoms with Crippen molar-refractivity contribution in [3.8, 4) is 0 Å². The van der Waals surface area contributed by atoms with Crippen LogP contribution in [-0.4, -0.2) is 43.3 Å². The predicted molar refractivity (Wildman–Crippen MR) is 108 cm³/mol. The van der Waals surface area contributed by atoms with Gasteiger partial charge in [0.1, 0.15) is 0 Å². The minimum atomic E-state index is -3.43. The van der Waals surface area contributed by atoms with Crippen molar-refractivity contribution in [1.29, 1.82) is 0 Å². The summed E-state index contributed by atoms with van der Waals surface area (Å²) in [5.74, 6) is 0. The summed E-state index contributed by atoms with van der Waals surface area (Å²) in [4.78, 5) is 2.95. The minimum Gasteiger partial charge on any atom is -0.296 e. The molecule has 4 rings (SSSR count). The molecule has 5 heteroatoms. The Hall–Kier alpha value is -1.69. The largest absolute Gasteiger partial charge is 0.296 e. The van der Waals surface area contributed by atoms with Gasteiger partial charge in [0.25, 0.3) is 0 Å². The van der Waals surface area contributed by atoms with Crippen molar-refractivity contribution in [2.24, 2.45) is 0 Å². The number of rotatable bonds is 4. The number of hydrogen-bond acceptors (Lipinski definition) is 3. The van der Waals surface area contributed by atoms with Gasteiger partial charge in [0.15, 0.2) is 0 Å². The van der Waals surface area contributed by atoms with Gasteiger partial charge in [0, 0.05) is 32.2 Å². The van der Waals surface area contributed by atoms with Crippen LogP contribution in [0.3, 0.4) is 0 Å². The molecule has 4 nitrogen and oxygen atoms in total. The smallest absolute Gasteiger partial charge is 0.243 e. The molecule has 0 aromatic heterocycles. The van der Waals surface area contributed by atoms with Crippen LogP contribution < -0.4 is 0 Å². The Morgan fingerprint density at radius 2 is 1.81 bits per heavy atom. The van der Waals surface area contributed by atoms with Crippen LogP contribution in [0.1, 0.15) is 36.0 Å². The Balaban J connectivity index is 1.45. The van der Waals surface area contributed by atoms with E-state index < -0.39 is 10.0 Å². The van der Waals surface area contributed by atoms with E-state index in [2.05, 4.69) is 29.2 Å². The summed E-state index contributed by atoms with van der Waals surface area (Å²) in [5.41, 5.74) is 3.86. The summed E-state index contributed by atoms with van der Waals surface area (Å²) >= 11 is 0. The van der Waals surface area contributed by atoms with Crippen LogP contribution in [0, 0.1) is 6.92 Å². The zero-order valence-electron chi connectivity index (χ0n) is 16.1. The second-order valence-corrected chi connectivity index (χ2v) is 9.95. The Morgan fingerprint density at radius 3 is 2.59 bits per heavy atom. The third-order valence-corrected chi connectivity index (χ3v) is 8.14. The van der Waals surface area contributed by atoms with E-state index in [1.165, 1.54) is 11.1 Å². The van der Waals surface area contributed by atoms with Gasteiger partial charge >= 0.3 is 0 Å². The van der Waals surface area contributed by atoms with Crippen molar-refractivity contribution in [2.45, 2.75) is 56.1 Å². The van der Waals surface area contributed by atoms with E-state index in [9.17, 15) is 8.42 Å². The van der Waals surface area contributed by atoms with Crippen molar-refractivity contribution in [3.05, 3.63) is 65.2 Å². The van der Waals surface area contributed by atoms with Crippen molar-refractivity contribution in [3.63, 3.8) is 0 Å². The first-order valence-electron chi connectivity index (χ1n) is 9.80. The topological polar surface area (TPSA) is 40.6 Å². The lowest BCUT2D eigenvalue weighted by Crippen LogP contribution is -2.40. The molecule has 0 saturated heterocycles. The Kier molecular flexibility index (Phi) is 5.10. The first kappa shape index (κ1) is 18.7. The second-order valence-electron chi connectivity index (χ2n) is 7.95. The highest BCUT2D eigenvalue weighted by Gasteiger charge is 2.37. The Bertz CT molecular complexity index is 925. The molecule has 0 unspecified atom stereocenters. The molecule has 144 valence electrons. The van der Waals surface area contributed by atoms with Gasteiger partial charge in [-0.1, -0.05) is 36.4 Å². The third-order valence-electron chi connectivity index (χ3n) is 6.23. The van der Waals surface area contributed by atoms with E-state index in [1.54, 1.807) is 23.5 Å². The molecule has 0 bridgehead atoms. The predicted octanol–water partition coefficient (Wildman–Crippen LogP) is 3.59. The normalized spacial score (nSPS) is 23.5. The van der Waals surface area contributed by atoms with E-state index in [1.807, 2.05) is 19.1 Å². The maximum absolute atomic E-state index is 13.0. The molecule has 2 aliphatic rings. The molecule has 2 atom stereocenters. The van der Waals surface area contributed by atoms with Gasteiger partial charge in [0.05, 0.1) is 4.90 Å². The fraction of sp³-hybridized carbons (Fsp3) is 0.455. The SMILES string of the molecule is Cc1cccc(S(=O)(=O)N(C)[C@@H]2CC[C@H](N3CCc4ccccc4C3)C2)c1. The summed E-state index contributed by atoms with van der Waals surface area (Å²) < 4.78 is 27.7. The van der Waals surface area contributed by atoms with Crippen molar-refractivity contribution < 1.29 is 8.42 Å². The number of hydrogen-bond donors (Lipinski definition) is 0. The molecule has 0 spiro atoms. The molecule has 1 heterocycles. The fourth-order valence-electron chi connectivity index (χ4n) is 4.56. The lowest BCUT2D eigenvalue weighted by Gasteiger charge is -2.34. The molecular formula is C22H28N2O2S. The van der Waals surface area contributed by atoms with Crippen LogP contribution in [0.25, 0.3) is 0 Å². The molecule has 0 amide bonds. The lowest BCUT2D eigenvalue weighted by atomic mass is 9.98. The summed E-state index contributed by atoms with van der Waals surface area (Å²) in [7, 11) is -1.69. The highest BCUT2D eigenvalue weighted by Crippen LogP contribution is 2.33. The number of sulfonamides is 1. The van der Waals surface area contributed by atoms with Gasteiger partial charge < -0.3 is 0 Å². The number of fused-ring (bicyclic) bond motifs is 1. The van der Waals surface area contributed by atoms with Crippen LogP contribution in [0.5, 0.6) is 0 Å².